The second-order valence-corrected chi connectivity index (χ2v) is 8.55. The number of fused-ring (bicyclic) bond motifs is 1. The molecule has 3 aromatic carbocycles. The number of hydrogen-bond donors (Lipinski definition) is 1. The highest BCUT2D eigenvalue weighted by Gasteiger charge is 2.44. The smallest absolute Gasteiger partial charge is 0.294 e. The van der Waals surface area contributed by atoms with Crippen LogP contribution in [0.3, 0.4) is 0 Å². The standard InChI is InChI=1S/C25H16ClNO3S/c26-16-12-10-15(11-13-16)22-21(23(28)19-14-31-20-9-5-4-8-18(19)20)24(29)25(30)27(22)17-6-2-1-3-7-17/h1-14,22,29H. The second-order valence-electron chi connectivity index (χ2n) is 7.20. The molecule has 1 N–H and O–H groups in total. The summed E-state index contributed by atoms with van der Waals surface area (Å²) >= 11 is 7.53. The van der Waals surface area contributed by atoms with Gasteiger partial charge in [-0.2, -0.15) is 0 Å². The van der Waals surface area contributed by atoms with Crippen LogP contribution in [0.25, 0.3) is 10.1 Å². The molecule has 0 saturated carbocycles. The Morgan fingerprint density at radius 3 is 2.35 bits per heavy atom. The molecule has 0 fully saturated rings. The van der Waals surface area contributed by atoms with Gasteiger partial charge in [0, 0.05) is 31.7 Å². The fourth-order valence-electron chi connectivity index (χ4n) is 3.95. The van der Waals surface area contributed by atoms with E-state index in [4.69, 9.17) is 11.6 Å². The van der Waals surface area contributed by atoms with Gasteiger partial charge in [-0.15, -0.1) is 11.3 Å². The normalized spacial score (nSPS) is 16.4. The molecular formula is C25H16ClNO3S. The van der Waals surface area contributed by atoms with E-state index in [0.29, 0.717) is 21.8 Å². The van der Waals surface area contributed by atoms with Crippen molar-refractivity contribution < 1.29 is 14.7 Å². The van der Waals surface area contributed by atoms with E-state index in [2.05, 4.69) is 0 Å². The van der Waals surface area contributed by atoms with Crippen LogP contribution >= 0.6 is 22.9 Å². The van der Waals surface area contributed by atoms with Gasteiger partial charge in [0.2, 0.25) is 0 Å². The van der Waals surface area contributed by atoms with Gasteiger partial charge in [-0.05, 0) is 35.9 Å². The number of halogens is 1. The molecule has 1 amide bonds. The molecule has 0 bridgehead atoms. The number of thiophene rings is 1. The molecule has 4 nitrogen and oxygen atoms in total. The van der Waals surface area contributed by atoms with Crippen LogP contribution < -0.4 is 4.90 Å². The number of carbonyl (C=O) groups excluding carboxylic acids is 2. The Bertz CT molecular complexity index is 1340. The molecular weight excluding hydrogens is 430 g/mol. The first-order valence-corrected chi connectivity index (χ1v) is 10.9. The fraction of sp³-hybridized carbons (Fsp3) is 0.0400. The predicted molar refractivity (Wildman–Crippen MR) is 124 cm³/mol. The van der Waals surface area contributed by atoms with Crippen molar-refractivity contribution in [3.05, 3.63) is 112 Å². The van der Waals surface area contributed by atoms with Crippen LogP contribution in [0.15, 0.2) is 95.6 Å². The first kappa shape index (κ1) is 19.5. The van der Waals surface area contributed by atoms with Crippen LogP contribution in [0.5, 0.6) is 0 Å². The van der Waals surface area contributed by atoms with Gasteiger partial charge in [0.25, 0.3) is 5.91 Å². The SMILES string of the molecule is O=C(C1=C(O)C(=O)N(c2ccccc2)C1c1ccc(Cl)cc1)c1csc2ccccc12. The van der Waals surface area contributed by atoms with Crippen LogP contribution in [-0.4, -0.2) is 16.8 Å². The lowest BCUT2D eigenvalue weighted by Crippen LogP contribution is -2.31. The molecule has 5 rings (SSSR count). The Hall–Kier alpha value is -3.41. The number of hydrogen-bond acceptors (Lipinski definition) is 4. The lowest BCUT2D eigenvalue weighted by atomic mass is 9.92. The average Bonchev–Trinajstić information content (AvgIpc) is 3.34. The summed E-state index contributed by atoms with van der Waals surface area (Å²) in [7, 11) is 0. The summed E-state index contributed by atoms with van der Waals surface area (Å²) in [5.74, 6) is -1.49. The van der Waals surface area contributed by atoms with Crippen LogP contribution in [0.2, 0.25) is 5.02 Å². The number of amides is 1. The van der Waals surface area contributed by atoms with E-state index < -0.39 is 17.7 Å². The number of para-hydroxylation sites is 1. The molecule has 6 heteroatoms. The van der Waals surface area contributed by atoms with Crippen molar-refractivity contribution >= 4 is 50.4 Å². The number of benzene rings is 3. The van der Waals surface area contributed by atoms with Gasteiger partial charge in [0.05, 0.1) is 11.6 Å². The van der Waals surface area contributed by atoms with E-state index >= 15 is 0 Å². The highest BCUT2D eigenvalue weighted by molar-refractivity contribution is 7.17. The van der Waals surface area contributed by atoms with E-state index in [1.54, 1.807) is 41.8 Å². The summed E-state index contributed by atoms with van der Waals surface area (Å²) in [4.78, 5) is 28.3. The molecule has 152 valence electrons. The number of aliphatic hydroxyl groups is 1. The van der Waals surface area contributed by atoms with Crippen LogP contribution in [0.4, 0.5) is 5.69 Å². The van der Waals surface area contributed by atoms with Crippen molar-refractivity contribution in [2.75, 3.05) is 4.90 Å². The zero-order chi connectivity index (χ0) is 21.5. The van der Waals surface area contributed by atoms with Crippen molar-refractivity contribution in [3.8, 4) is 0 Å². The monoisotopic (exact) mass is 445 g/mol. The largest absolute Gasteiger partial charge is 0.503 e. The minimum absolute atomic E-state index is 0.0692. The highest BCUT2D eigenvalue weighted by Crippen LogP contribution is 2.43. The van der Waals surface area contributed by atoms with E-state index in [0.717, 1.165) is 10.1 Å². The Kier molecular flexibility index (Phi) is 4.85. The lowest BCUT2D eigenvalue weighted by molar-refractivity contribution is -0.117. The molecule has 1 aromatic heterocycles. The Balaban J connectivity index is 1.69. The molecule has 1 aliphatic heterocycles. The van der Waals surface area contributed by atoms with Gasteiger partial charge in [-0.25, -0.2) is 0 Å². The van der Waals surface area contributed by atoms with E-state index in [1.807, 2.05) is 42.5 Å². The third-order valence-corrected chi connectivity index (χ3v) is 6.61. The number of anilines is 1. The number of ketones is 1. The summed E-state index contributed by atoms with van der Waals surface area (Å²) in [5, 5.41) is 14.0. The van der Waals surface area contributed by atoms with Crippen LogP contribution in [0.1, 0.15) is 22.0 Å². The molecule has 1 unspecified atom stereocenters. The minimum Gasteiger partial charge on any atom is -0.503 e. The number of nitrogens with zero attached hydrogens (tertiary/aromatic N) is 1. The maximum Gasteiger partial charge on any atom is 0.294 e. The maximum absolute atomic E-state index is 13.7. The molecule has 1 aliphatic rings. The molecule has 0 radical (unpaired) electrons. The summed E-state index contributed by atoms with van der Waals surface area (Å²) in [6, 6.07) is 22.8. The molecule has 1 atom stereocenters. The summed E-state index contributed by atoms with van der Waals surface area (Å²) < 4.78 is 0.971. The van der Waals surface area contributed by atoms with Crippen molar-refractivity contribution in [1.82, 2.24) is 0 Å². The van der Waals surface area contributed by atoms with Crippen LogP contribution in [0, 0.1) is 0 Å². The Morgan fingerprint density at radius 1 is 0.935 bits per heavy atom. The Labute approximate surface area is 187 Å². The van der Waals surface area contributed by atoms with Gasteiger partial charge in [-0.3, -0.25) is 14.5 Å². The first-order chi connectivity index (χ1) is 15.1. The van der Waals surface area contributed by atoms with Crippen molar-refractivity contribution in [2.24, 2.45) is 0 Å². The predicted octanol–water partition coefficient (Wildman–Crippen LogP) is 6.34. The van der Waals surface area contributed by atoms with Crippen LogP contribution in [-0.2, 0) is 4.79 Å². The summed E-state index contributed by atoms with van der Waals surface area (Å²) in [6.07, 6.45) is 0. The number of rotatable bonds is 4. The number of aliphatic hydroxyl groups excluding tert-OH is 1. The summed E-state index contributed by atoms with van der Waals surface area (Å²) in [6.45, 7) is 0. The van der Waals surface area contributed by atoms with Gasteiger partial charge in [0.1, 0.15) is 0 Å². The molecule has 0 saturated heterocycles. The highest BCUT2D eigenvalue weighted by atomic mass is 35.5. The zero-order valence-electron chi connectivity index (χ0n) is 16.2. The molecule has 2 heterocycles. The fourth-order valence-corrected chi connectivity index (χ4v) is 5.02. The third kappa shape index (κ3) is 3.23. The van der Waals surface area contributed by atoms with E-state index in [9.17, 15) is 14.7 Å². The van der Waals surface area contributed by atoms with Gasteiger partial charge >= 0.3 is 0 Å². The molecule has 31 heavy (non-hydrogen) atoms. The lowest BCUT2D eigenvalue weighted by Gasteiger charge is -2.27. The van der Waals surface area contributed by atoms with Gasteiger partial charge in [-0.1, -0.05) is 60.1 Å². The average molecular weight is 446 g/mol. The van der Waals surface area contributed by atoms with Gasteiger partial charge < -0.3 is 5.11 Å². The quantitative estimate of drug-likeness (QED) is 0.373. The summed E-state index contributed by atoms with van der Waals surface area (Å²) in [5.41, 5.74) is 1.83. The zero-order valence-corrected chi connectivity index (χ0v) is 17.7. The topological polar surface area (TPSA) is 57.6 Å². The number of Topliss-reactive ketones (excluding diaryl/α,β-unsaturated/α-hetero) is 1. The molecule has 0 aliphatic carbocycles. The molecule has 4 aromatic rings. The minimum atomic E-state index is -0.765. The van der Waals surface area contributed by atoms with E-state index in [-0.39, 0.29) is 11.4 Å². The van der Waals surface area contributed by atoms with Crippen molar-refractivity contribution in [3.63, 3.8) is 0 Å². The van der Waals surface area contributed by atoms with Crippen molar-refractivity contribution in [2.45, 2.75) is 6.04 Å². The van der Waals surface area contributed by atoms with Gasteiger partial charge in [0.15, 0.2) is 11.5 Å². The number of carbonyl (C=O) groups is 2. The second kappa shape index (κ2) is 7.69. The first-order valence-electron chi connectivity index (χ1n) is 9.64. The maximum atomic E-state index is 13.7. The third-order valence-electron chi connectivity index (χ3n) is 5.40. The Morgan fingerprint density at radius 2 is 1.61 bits per heavy atom. The molecule has 0 spiro atoms. The van der Waals surface area contributed by atoms with E-state index in [1.165, 1.54) is 16.2 Å². The van der Waals surface area contributed by atoms with Crippen molar-refractivity contribution in [1.29, 1.82) is 0 Å².